The van der Waals surface area contributed by atoms with E-state index in [1.165, 1.54) is 12.8 Å². The molecule has 32 heavy (non-hydrogen) atoms. The Morgan fingerprint density at radius 2 is 1.91 bits per heavy atom. The summed E-state index contributed by atoms with van der Waals surface area (Å²) in [7, 11) is 5.80. The molecular weight excluding hydrogens is 404 g/mol. The zero-order chi connectivity index (χ0) is 23.3. The Hall–Kier alpha value is -2.51. The van der Waals surface area contributed by atoms with Gasteiger partial charge in [-0.3, -0.25) is 4.99 Å². The highest BCUT2D eigenvalue weighted by Crippen LogP contribution is 2.32. The van der Waals surface area contributed by atoms with Crippen molar-refractivity contribution in [3.63, 3.8) is 0 Å². The highest BCUT2D eigenvalue weighted by atomic mass is 16.6. The Morgan fingerprint density at radius 1 is 1.22 bits per heavy atom. The van der Waals surface area contributed by atoms with Gasteiger partial charge < -0.3 is 24.8 Å². The molecule has 178 valence electrons. The van der Waals surface area contributed by atoms with Crippen LogP contribution in [0.2, 0.25) is 0 Å². The normalized spacial score (nSPS) is 17.8. The van der Waals surface area contributed by atoms with Crippen LogP contribution >= 0.6 is 0 Å². The third kappa shape index (κ3) is 7.00. The summed E-state index contributed by atoms with van der Waals surface area (Å²) in [4.78, 5) is 28.3. The van der Waals surface area contributed by atoms with Crippen LogP contribution in [0.25, 0.3) is 0 Å². The summed E-state index contributed by atoms with van der Waals surface area (Å²) in [5.74, 6) is 2.46. The third-order valence-corrected chi connectivity index (χ3v) is 5.87. The fourth-order valence-electron chi connectivity index (χ4n) is 3.98. The summed E-state index contributed by atoms with van der Waals surface area (Å²) in [5.41, 5.74) is 0.511. The van der Waals surface area contributed by atoms with Gasteiger partial charge in [0.2, 0.25) is 0 Å². The average Bonchev–Trinajstić information content (AvgIpc) is 3.56. The maximum absolute atomic E-state index is 12.9. The maximum atomic E-state index is 12.9. The van der Waals surface area contributed by atoms with Crippen molar-refractivity contribution >= 4 is 17.9 Å². The minimum Gasteiger partial charge on any atom is -0.444 e. The number of piperidine rings is 1. The quantitative estimate of drug-likeness (QED) is 0.536. The van der Waals surface area contributed by atoms with Crippen molar-refractivity contribution in [3.05, 3.63) is 23.9 Å². The second-order valence-electron chi connectivity index (χ2n) is 10.1. The minimum atomic E-state index is -0.469. The summed E-state index contributed by atoms with van der Waals surface area (Å²) < 4.78 is 5.72. The van der Waals surface area contributed by atoms with Gasteiger partial charge in [-0.05, 0) is 64.5 Å². The summed E-state index contributed by atoms with van der Waals surface area (Å²) in [6.45, 7) is 8.96. The number of carbonyl (C=O) groups is 1. The number of aromatic nitrogens is 1. The standard InChI is InChI=1S/C24H40N6O2/c1-24(2,3)32-23(31)30(17-18-10-11-18)20-12-14-29(15-13-20)22(25-4)26-16-19-8-7-9-21(27-19)28(5)6/h7-9,18,20H,10-17H2,1-6H3,(H,25,26). The van der Waals surface area contributed by atoms with Crippen LogP contribution in [0.15, 0.2) is 23.2 Å². The molecule has 1 aromatic rings. The van der Waals surface area contributed by atoms with E-state index in [1.807, 2.05) is 69.9 Å². The van der Waals surface area contributed by atoms with Crippen molar-refractivity contribution in [3.8, 4) is 0 Å². The second kappa shape index (κ2) is 10.4. The Kier molecular flexibility index (Phi) is 7.85. The number of aliphatic imine (C=N–C) groups is 1. The topological polar surface area (TPSA) is 73.3 Å². The number of hydrogen-bond donors (Lipinski definition) is 1. The van der Waals surface area contributed by atoms with Crippen molar-refractivity contribution in [2.45, 2.75) is 64.6 Å². The molecule has 3 rings (SSSR count). The smallest absolute Gasteiger partial charge is 0.410 e. The van der Waals surface area contributed by atoms with Crippen LogP contribution in [0.5, 0.6) is 0 Å². The maximum Gasteiger partial charge on any atom is 0.410 e. The molecule has 0 atom stereocenters. The largest absolute Gasteiger partial charge is 0.444 e. The van der Waals surface area contributed by atoms with Crippen molar-refractivity contribution in [1.82, 2.24) is 20.1 Å². The number of amides is 1. The molecule has 1 saturated carbocycles. The number of anilines is 1. The number of guanidine groups is 1. The molecule has 8 nitrogen and oxygen atoms in total. The highest BCUT2D eigenvalue weighted by molar-refractivity contribution is 5.80. The molecule has 2 aliphatic rings. The molecule has 2 heterocycles. The van der Waals surface area contributed by atoms with Crippen LogP contribution < -0.4 is 10.2 Å². The number of ether oxygens (including phenoxy) is 1. The van der Waals surface area contributed by atoms with Crippen molar-refractivity contribution in [2.75, 3.05) is 45.7 Å². The van der Waals surface area contributed by atoms with Crippen LogP contribution in [-0.4, -0.2) is 79.3 Å². The number of carbonyl (C=O) groups excluding carboxylic acids is 1. The molecule has 0 spiro atoms. The number of pyridine rings is 1. The van der Waals surface area contributed by atoms with E-state index >= 15 is 0 Å². The molecule has 1 amide bonds. The summed E-state index contributed by atoms with van der Waals surface area (Å²) in [5, 5.41) is 3.45. The molecule has 1 saturated heterocycles. The zero-order valence-electron chi connectivity index (χ0n) is 20.6. The number of nitrogens with one attached hydrogen (secondary N) is 1. The van der Waals surface area contributed by atoms with Gasteiger partial charge in [0.1, 0.15) is 11.4 Å². The summed E-state index contributed by atoms with van der Waals surface area (Å²) in [6.07, 6.45) is 4.11. The fourth-order valence-corrected chi connectivity index (χ4v) is 3.98. The van der Waals surface area contributed by atoms with E-state index in [-0.39, 0.29) is 12.1 Å². The first-order valence-electron chi connectivity index (χ1n) is 11.7. The van der Waals surface area contributed by atoms with E-state index in [0.29, 0.717) is 12.5 Å². The number of nitrogens with zero attached hydrogens (tertiary/aromatic N) is 5. The molecular formula is C24H40N6O2. The first-order valence-corrected chi connectivity index (χ1v) is 11.7. The first-order chi connectivity index (χ1) is 15.2. The van der Waals surface area contributed by atoms with Crippen LogP contribution in [0, 0.1) is 5.92 Å². The highest BCUT2D eigenvalue weighted by Gasteiger charge is 2.35. The van der Waals surface area contributed by atoms with E-state index in [9.17, 15) is 4.79 Å². The lowest BCUT2D eigenvalue weighted by Gasteiger charge is -2.40. The number of likely N-dealkylation sites (tertiary alicyclic amines) is 1. The SMILES string of the molecule is CN=C(NCc1cccc(N(C)C)n1)N1CCC(N(CC2CC2)C(=O)OC(C)(C)C)CC1. The molecule has 1 N–H and O–H groups in total. The Morgan fingerprint density at radius 3 is 2.47 bits per heavy atom. The van der Waals surface area contributed by atoms with Gasteiger partial charge in [-0.15, -0.1) is 0 Å². The summed E-state index contributed by atoms with van der Waals surface area (Å²) >= 11 is 0. The van der Waals surface area contributed by atoms with Crippen LogP contribution in [0.3, 0.4) is 0 Å². The molecule has 0 radical (unpaired) electrons. The van der Waals surface area contributed by atoms with Crippen LogP contribution in [0.4, 0.5) is 10.6 Å². The van der Waals surface area contributed by atoms with Gasteiger partial charge in [0, 0.05) is 46.8 Å². The van der Waals surface area contributed by atoms with E-state index < -0.39 is 5.60 Å². The zero-order valence-corrected chi connectivity index (χ0v) is 20.6. The molecule has 0 aromatic carbocycles. The van der Waals surface area contributed by atoms with Gasteiger partial charge >= 0.3 is 6.09 Å². The monoisotopic (exact) mass is 444 g/mol. The van der Waals surface area contributed by atoms with E-state index in [2.05, 4.69) is 20.2 Å². The summed E-state index contributed by atoms with van der Waals surface area (Å²) in [6, 6.07) is 6.27. The van der Waals surface area contributed by atoms with Crippen LogP contribution in [0.1, 0.15) is 52.1 Å². The first kappa shape index (κ1) is 24.1. The number of hydrogen-bond acceptors (Lipinski definition) is 5. The van der Waals surface area contributed by atoms with Gasteiger partial charge in [-0.2, -0.15) is 0 Å². The molecule has 0 bridgehead atoms. The van der Waals surface area contributed by atoms with Gasteiger partial charge in [-0.25, -0.2) is 9.78 Å². The van der Waals surface area contributed by atoms with E-state index in [4.69, 9.17) is 4.74 Å². The predicted octanol–water partition coefficient (Wildman–Crippen LogP) is 3.33. The van der Waals surface area contributed by atoms with Gasteiger partial charge in [0.15, 0.2) is 5.96 Å². The third-order valence-electron chi connectivity index (χ3n) is 5.87. The van der Waals surface area contributed by atoms with Crippen LogP contribution in [-0.2, 0) is 11.3 Å². The average molecular weight is 445 g/mol. The second-order valence-corrected chi connectivity index (χ2v) is 10.1. The molecule has 0 unspecified atom stereocenters. The minimum absolute atomic E-state index is 0.169. The predicted molar refractivity (Wildman–Crippen MR) is 129 cm³/mol. The Bertz CT molecular complexity index is 792. The Balaban J connectivity index is 1.55. The van der Waals surface area contributed by atoms with Gasteiger partial charge in [-0.1, -0.05) is 6.07 Å². The van der Waals surface area contributed by atoms with Crippen molar-refractivity contribution < 1.29 is 9.53 Å². The Labute approximate surface area is 193 Å². The molecule has 1 aromatic heterocycles. The lowest BCUT2D eigenvalue weighted by molar-refractivity contribution is 0.00928. The van der Waals surface area contributed by atoms with Gasteiger partial charge in [0.05, 0.1) is 12.2 Å². The van der Waals surface area contributed by atoms with E-state index in [0.717, 1.165) is 49.9 Å². The fraction of sp³-hybridized carbons (Fsp3) is 0.708. The molecule has 8 heteroatoms. The van der Waals surface area contributed by atoms with Gasteiger partial charge in [0.25, 0.3) is 0 Å². The lowest BCUT2D eigenvalue weighted by Crippen LogP contribution is -2.52. The lowest BCUT2D eigenvalue weighted by atomic mass is 10.0. The number of rotatable bonds is 6. The van der Waals surface area contributed by atoms with Crippen molar-refractivity contribution in [2.24, 2.45) is 10.9 Å². The van der Waals surface area contributed by atoms with Crippen molar-refractivity contribution in [1.29, 1.82) is 0 Å². The molecule has 2 fully saturated rings. The molecule has 1 aliphatic carbocycles. The van der Waals surface area contributed by atoms with E-state index in [1.54, 1.807) is 0 Å². The molecule has 1 aliphatic heterocycles.